The fraction of sp³-hybridized carbons (Fsp3) is 0.389. The van der Waals surface area contributed by atoms with Gasteiger partial charge in [0.05, 0.1) is 0 Å². The average Bonchev–Trinajstić information content (AvgIpc) is 2.98. The first-order valence-corrected chi connectivity index (χ1v) is 14.7. The predicted octanol–water partition coefficient (Wildman–Crippen LogP) is 11.0. The summed E-state index contributed by atoms with van der Waals surface area (Å²) in [7, 11) is 0. The summed E-state index contributed by atoms with van der Waals surface area (Å²) in [6.45, 7) is 5.99. The molecule has 1 unspecified atom stereocenters. The van der Waals surface area contributed by atoms with Crippen LogP contribution in [0.1, 0.15) is 75.8 Å². The molecule has 0 bridgehead atoms. The molecule has 1 fully saturated rings. The number of hydrogen-bond acceptors (Lipinski definition) is 0. The minimum atomic E-state index is -0.820. The molecule has 2 aliphatic carbocycles. The summed E-state index contributed by atoms with van der Waals surface area (Å²) in [5.74, 6) is 0.399. The summed E-state index contributed by atoms with van der Waals surface area (Å²) in [5, 5.41) is 0. The number of unbranched alkanes of at least 4 members (excludes halogenated alkanes) is 1. The summed E-state index contributed by atoms with van der Waals surface area (Å²) < 4.78 is 44.6. The normalized spacial score (nSPS) is 21.4. The Bertz CT molecular complexity index is 1330. The number of benzene rings is 3. The zero-order valence-electron chi connectivity index (χ0n) is 23.0. The second kappa shape index (κ2) is 12.4. The van der Waals surface area contributed by atoms with Gasteiger partial charge < -0.3 is 0 Å². The molecule has 0 N–H and O–H groups in total. The Morgan fingerprint density at radius 1 is 0.769 bits per heavy atom. The smallest absolute Gasteiger partial charge is 0.166 e. The van der Waals surface area contributed by atoms with Gasteiger partial charge in [0.25, 0.3) is 0 Å². The summed E-state index contributed by atoms with van der Waals surface area (Å²) in [6.07, 6.45) is 15.1. The van der Waals surface area contributed by atoms with Crippen LogP contribution < -0.4 is 0 Å². The van der Waals surface area contributed by atoms with Crippen LogP contribution in [0.15, 0.2) is 73.3 Å². The van der Waals surface area contributed by atoms with Gasteiger partial charge in [-0.05, 0) is 109 Å². The van der Waals surface area contributed by atoms with E-state index in [0.29, 0.717) is 29.0 Å². The molecular weight excluding hydrogens is 489 g/mol. The Morgan fingerprint density at radius 3 is 2.05 bits per heavy atom. The number of hydrogen-bond donors (Lipinski definition) is 0. The highest BCUT2D eigenvalue weighted by Gasteiger charge is 2.28. The maximum Gasteiger partial charge on any atom is 0.166 e. The molecule has 0 amide bonds. The van der Waals surface area contributed by atoms with E-state index < -0.39 is 11.6 Å². The highest BCUT2D eigenvalue weighted by atomic mass is 19.2. The number of allylic oxidation sites excluding steroid dienone is 3. The third kappa shape index (κ3) is 6.08. The molecule has 39 heavy (non-hydrogen) atoms. The van der Waals surface area contributed by atoms with Crippen LogP contribution in [0.4, 0.5) is 13.2 Å². The SMILES string of the molecule is C=CC1CCC(C2CC=C(c3ccc(-c4ccc(-c5ccc(CCCC)c(F)c5F)cc4)c(F)c3)CC2)CC1. The standard InChI is InChI=1S/C36H39F3/c1-3-5-6-30-19-22-33(36(39)35(30)38)29-17-15-28(16-18-29)32-21-20-31(23-34(32)37)27-13-11-26(12-14-27)25-9-7-24(4-2)8-10-25/h4,13,15-26H,2-3,5-12,14H2,1H3. The molecule has 0 spiro atoms. The number of rotatable bonds is 8. The molecule has 3 heteroatoms. The second-order valence-corrected chi connectivity index (χ2v) is 11.5. The van der Waals surface area contributed by atoms with Crippen molar-refractivity contribution in [2.75, 3.05) is 0 Å². The first kappa shape index (κ1) is 27.5. The van der Waals surface area contributed by atoms with Gasteiger partial charge in [-0.3, -0.25) is 0 Å². The quantitative estimate of drug-likeness (QED) is 0.255. The summed E-state index contributed by atoms with van der Waals surface area (Å²) in [5.41, 5.74) is 4.65. The molecular formula is C36H39F3. The molecule has 1 atom stereocenters. The van der Waals surface area contributed by atoms with Crippen molar-refractivity contribution in [2.24, 2.45) is 17.8 Å². The molecule has 1 saturated carbocycles. The first-order valence-electron chi connectivity index (χ1n) is 14.7. The monoisotopic (exact) mass is 528 g/mol. The molecule has 0 aliphatic heterocycles. The Morgan fingerprint density at radius 2 is 1.44 bits per heavy atom. The fourth-order valence-corrected chi connectivity index (χ4v) is 6.55. The first-order chi connectivity index (χ1) is 19.0. The Labute approximate surface area is 231 Å². The van der Waals surface area contributed by atoms with Crippen molar-refractivity contribution in [1.29, 1.82) is 0 Å². The Balaban J connectivity index is 1.27. The van der Waals surface area contributed by atoms with Crippen LogP contribution in [0.2, 0.25) is 0 Å². The van der Waals surface area contributed by atoms with Crippen molar-refractivity contribution in [1.82, 2.24) is 0 Å². The molecule has 3 aromatic rings. The minimum absolute atomic E-state index is 0.228. The molecule has 0 heterocycles. The largest absolute Gasteiger partial charge is 0.206 e. The average molecular weight is 529 g/mol. The zero-order valence-corrected chi connectivity index (χ0v) is 23.0. The second-order valence-electron chi connectivity index (χ2n) is 11.5. The molecule has 5 rings (SSSR count). The van der Waals surface area contributed by atoms with Crippen molar-refractivity contribution in [3.8, 4) is 22.3 Å². The van der Waals surface area contributed by atoms with E-state index in [1.165, 1.54) is 37.7 Å². The molecule has 0 aromatic heterocycles. The third-order valence-corrected chi connectivity index (χ3v) is 9.08. The lowest BCUT2D eigenvalue weighted by Crippen LogP contribution is -2.22. The molecule has 2 aliphatic rings. The zero-order chi connectivity index (χ0) is 27.4. The van der Waals surface area contributed by atoms with Gasteiger partial charge in [0.15, 0.2) is 11.6 Å². The lowest BCUT2D eigenvalue weighted by Gasteiger charge is -2.34. The topological polar surface area (TPSA) is 0 Å². The van der Waals surface area contributed by atoms with E-state index in [1.54, 1.807) is 42.5 Å². The molecule has 0 nitrogen and oxygen atoms in total. The Hall–Kier alpha value is -3.07. The summed E-state index contributed by atoms with van der Waals surface area (Å²) >= 11 is 0. The Kier molecular flexibility index (Phi) is 8.75. The van der Waals surface area contributed by atoms with Crippen molar-refractivity contribution >= 4 is 5.57 Å². The lowest BCUT2D eigenvalue weighted by molar-refractivity contribution is 0.212. The third-order valence-electron chi connectivity index (χ3n) is 9.08. The maximum atomic E-state index is 15.3. The van der Waals surface area contributed by atoms with Crippen LogP contribution in [-0.4, -0.2) is 0 Å². The van der Waals surface area contributed by atoms with Crippen LogP contribution in [0, 0.1) is 35.2 Å². The van der Waals surface area contributed by atoms with Crippen LogP contribution in [0.3, 0.4) is 0 Å². The minimum Gasteiger partial charge on any atom is -0.206 e. The van der Waals surface area contributed by atoms with Crippen molar-refractivity contribution < 1.29 is 13.2 Å². The summed E-state index contributed by atoms with van der Waals surface area (Å²) in [6, 6.07) is 15.8. The van der Waals surface area contributed by atoms with E-state index in [4.69, 9.17) is 0 Å². The predicted molar refractivity (Wildman–Crippen MR) is 157 cm³/mol. The molecule has 0 radical (unpaired) electrons. The van der Waals surface area contributed by atoms with Gasteiger partial charge in [-0.2, -0.15) is 0 Å². The van der Waals surface area contributed by atoms with Gasteiger partial charge >= 0.3 is 0 Å². The van der Waals surface area contributed by atoms with E-state index in [0.717, 1.165) is 48.6 Å². The fourth-order valence-electron chi connectivity index (χ4n) is 6.55. The van der Waals surface area contributed by atoms with Gasteiger partial charge in [-0.15, -0.1) is 6.58 Å². The van der Waals surface area contributed by atoms with E-state index >= 15 is 4.39 Å². The molecule has 0 saturated heterocycles. The lowest BCUT2D eigenvalue weighted by atomic mass is 9.71. The van der Waals surface area contributed by atoms with Gasteiger partial charge in [-0.25, -0.2) is 13.2 Å². The van der Waals surface area contributed by atoms with E-state index in [9.17, 15) is 8.78 Å². The van der Waals surface area contributed by atoms with Crippen molar-refractivity contribution in [3.05, 3.63) is 102 Å². The van der Waals surface area contributed by atoms with Crippen LogP contribution >= 0.6 is 0 Å². The van der Waals surface area contributed by atoms with Crippen LogP contribution in [0.25, 0.3) is 27.8 Å². The molecule has 204 valence electrons. The highest BCUT2D eigenvalue weighted by molar-refractivity contribution is 5.74. The van der Waals surface area contributed by atoms with Crippen LogP contribution in [-0.2, 0) is 6.42 Å². The van der Waals surface area contributed by atoms with Gasteiger partial charge in [0.2, 0.25) is 0 Å². The summed E-state index contributed by atoms with van der Waals surface area (Å²) in [4.78, 5) is 0. The van der Waals surface area contributed by atoms with E-state index in [2.05, 4.69) is 18.7 Å². The van der Waals surface area contributed by atoms with E-state index in [1.807, 2.05) is 19.1 Å². The van der Waals surface area contributed by atoms with Crippen molar-refractivity contribution in [3.63, 3.8) is 0 Å². The van der Waals surface area contributed by atoms with Gasteiger partial charge in [-0.1, -0.05) is 74.0 Å². The molecule has 3 aromatic carbocycles. The van der Waals surface area contributed by atoms with E-state index in [-0.39, 0.29) is 11.4 Å². The number of halogens is 3. The van der Waals surface area contributed by atoms with Gasteiger partial charge in [0, 0.05) is 11.1 Å². The van der Waals surface area contributed by atoms with Gasteiger partial charge in [0.1, 0.15) is 5.82 Å². The highest BCUT2D eigenvalue weighted by Crippen LogP contribution is 2.42. The van der Waals surface area contributed by atoms with Crippen LogP contribution in [0.5, 0.6) is 0 Å². The maximum absolute atomic E-state index is 15.3. The van der Waals surface area contributed by atoms with Crippen molar-refractivity contribution in [2.45, 2.75) is 71.1 Å². The number of aryl methyl sites for hydroxylation is 1.